The number of nitrogens with two attached hydrogens (primary N) is 1. The van der Waals surface area contributed by atoms with Crippen LogP contribution in [0.3, 0.4) is 0 Å². The van der Waals surface area contributed by atoms with Crippen molar-refractivity contribution in [1.82, 2.24) is 0 Å². The fraction of sp³-hybridized carbons (Fsp3) is 0.429. The van der Waals surface area contributed by atoms with Crippen LogP contribution in [-0.2, 0) is 9.53 Å². The highest BCUT2D eigenvalue weighted by molar-refractivity contribution is 5.96. The predicted octanol–water partition coefficient (Wildman–Crippen LogP) is 1.46. The zero-order valence-electron chi connectivity index (χ0n) is 10.9. The Kier molecular flexibility index (Phi) is 4.16. The van der Waals surface area contributed by atoms with Crippen molar-refractivity contribution in [2.75, 3.05) is 18.5 Å². The lowest BCUT2D eigenvalue weighted by atomic mass is 9.99. The normalized spacial score (nSPS) is 16.1. The topological polar surface area (TPSA) is 81.4 Å². The first kappa shape index (κ1) is 13.5. The van der Waals surface area contributed by atoms with Gasteiger partial charge in [-0.2, -0.15) is 0 Å². The first-order valence-corrected chi connectivity index (χ1v) is 6.37. The third kappa shape index (κ3) is 3.32. The van der Waals surface area contributed by atoms with E-state index in [4.69, 9.17) is 10.5 Å². The standard InChI is InChI=1S/C14H18N2O3/c1-9-8-11(13(15)17)2-3-12(9)16-14(18)10-4-6-19-7-5-10/h2-3,8,10H,4-7H2,1H3,(H2,15,17)(H,16,18). The molecule has 0 spiro atoms. The van der Waals surface area contributed by atoms with Crippen molar-refractivity contribution in [1.29, 1.82) is 0 Å². The summed E-state index contributed by atoms with van der Waals surface area (Å²) in [5, 5.41) is 2.90. The van der Waals surface area contributed by atoms with Gasteiger partial charge >= 0.3 is 0 Å². The number of carbonyl (C=O) groups excluding carboxylic acids is 2. The molecule has 5 heteroatoms. The summed E-state index contributed by atoms with van der Waals surface area (Å²) in [5.41, 5.74) is 7.21. The molecule has 0 saturated carbocycles. The molecule has 0 bridgehead atoms. The van der Waals surface area contributed by atoms with Crippen molar-refractivity contribution in [3.8, 4) is 0 Å². The number of primary amides is 1. The molecule has 3 N–H and O–H groups in total. The third-order valence-corrected chi connectivity index (χ3v) is 3.36. The van der Waals surface area contributed by atoms with Gasteiger partial charge in [0.2, 0.25) is 11.8 Å². The van der Waals surface area contributed by atoms with E-state index in [0.29, 0.717) is 18.8 Å². The maximum Gasteiger partial charge on any atom is 0.248 e. The number of carbonyl (C=O) groups is 2. The second-order valence-corrected chi connectivity index (χ2v) is 4.77. The Hall–Kier alpha value is -1.88. The average Bonchev–Trinajstić information content (AvgIpc) is 2.41. The van der Waals surface area contributed by atoms with Gasteiger partial charge < -0.3 is 15.8 Å². The quantitative estimate of drug-likeness (QED) is 0.865. The monoisotopic (exact) mass is 262 g/mol. The molecule has 0 aromatic heterocycles. The summed E-state index contributed by atoms with van der Waals surface area (Å²) in [5.74, 6) is -0.451. The highest BCUT2D eigenvalue weighted by Crippen LogP contribution is 2.20. The Morgan fingerprint density at radius 3 is 2.58 bits per heavy atom. The number of anilines is 1. The van der Waals surface area contributed by atoms with Crippen molar-refractivity contribution >= 4 is 17.5 Å². The molecule has 1 aliphatic heterocycles. The SMILES string of the molecule is Cc1cc(C(N)=O)ccc1NC(=O)C1CCOCC1. The summed E-state index contributed by atoms with van der Waals surface area (Å²) in [6, 6.07) is 5.02. The van der Waals surface area contributed by atoms with Crippen LogP contribution in [0.4, 0.5) is 5.69 Å². The van der Waals surface area contributed by atoms with Gasteiger partial charge in [0.15, 0.2) is 0 Å². The van der Waals surface area contributed by atoms with Crippen LogP contribution in [0.1, 0.15) is 28.8 Å². The van der Waals surface area contributed by atoms with Gasteiger partial charge in [-0.15, -0.1) is 0 Å². The highest BCUT2D eigenvalue weighted by Gasteiger charge is 2.21. The van der Waals surface area contributed by atoms with Gasteiger partial charge in [0.05, 0.1) is 0 Å². The Labute approximate surface area is 112 Å². The summed E-state index contributed by atoms with van der Waals surface area (Å²) >= 11 is 0. The van der Waals surface area contributed by atoms with Gasteiger partial charge in [0.1, 0.15) is 0 Å². The molecule has 1 heterocycles. The Morgan fingerprint density at radius 1 is 1.32 bits per heavy atom. The minimum Gasteiger partial charge on any atom is -0.381 e. The molecule has 0 radical (unpaired) electrons. The minimum atomic E-state index is -0.467. The van der Waals surface area contributed by atoms with Crippen LogP contribution in [0.2, 0.25) is 0 Å². The molecular formula is C14H18N2O3. The van der Waals surface area contributed by atoms with E-state index in [0.717, 1.165) is 24.1 Å². The van der Waals surface area contributed by atoms with Crippen molar-refractivity contribution < 1.29 is 14.3 Å². The summed E-state index contributed by atoms with van der Waals surface area (Å²) in [7, 11) is 0. The largest absolute Gasteiger partial charge is 0.381 e. The van der Waals surface area contributed by atoms with Crippen molar-refractivity contribution in [3.63, 3.8) is 0 Å². The van der Waals surface area contributed by atoms with Crippen LogP contribution >= 0.6 is 0 Å². The van der Waals surface area contributed by atoms with Gasteiger partial charge in [0.25, 0.3) is 0 Å². The van der Waals surface area contributed by atoms with Crippen LogP contribution in [0, 0.1) is 12.8 Å². The van der Waals surface area contributed by atoms with Crippen molar-refractivity contribution in [2.45, 2.75) is 19.8 Å². The molecular weight excluding hydrogens is 244 g/mol. The number of benzene rings is 1. The molecule has 1 aliphatic rings. The molecule has 2 rings (SSSR count). The number of hydrogen-bond donors (Lipinski definition) is 2. The van der Waals surface area contributed by atoms with E-state index < -0.39 is 5.91 Å². The van der Waals surface area contributed by atoms with Gasteiger partial charge in [-0.3, -0.25) is 9.59 Å². The van der Waals surface area contributed by atoms with Crippen LogP contribution in [0.5, 0.6) is 0 Å². The Balaban J connectivity index is 2.06. The maximum absolute atomic E-state index is 12.1. The van der Waals surface area contributed by atoms with Crippen LogP contribution in [-0.4, -0.2) is 25.0 Å². The van der Waals surface area contributed by atoms with Crippen LogP contribution in [0.15, 0.2) is 18.2 Å². The molecule has 1 aromatic rings. The summed E-state index contributed by atoms with van der Waals surface area (Å²) < 4.78 is 5.23. The molecule has 0 atom stereocenters. The molecule has 2 amide bonds. The van der Waals surface area contributed by atoms with Gasteiger partial charge in [-0.25, -0.2) is 0 Å². The number of aryl methyl sites for hydroxylation is 1. The Morgan fingerprint density at radius 2 is 2.00 bits per heavy atom. The number of amides is 2. The number of hydrogen-bond acceptors (Lipinski definition) is 3. The number of ether oxygens (including phenoxy) is 1. The zero-order chi connectivity index (χ0) is 13.8. The molecule has 0 unspecified atom stereocenters. The van der Waals surface area contributed by atoms with E-state index in [1.165, 1.54) is 0 Å². The Bertz CT molecular complexity index is 493. The fourth-order valence-electron chi connectivity index (χ4n) is 2.15. The van der Waals surface area contributed by atoms with Crippen LogP contribution in [0.25, 0.3) is 0 Å². The van der Waals surface area contributed by atoms with Crippen LogP contribution < -0.4 is 11.1 Å². The fourth-order valence-corrected chi connectivity index (χ4v) is 2.15. The average molecular weight is 262 g/mol. The van der Waals surface area contributed by atoms with E-state index in [-0.39, 0.29) is 11.8 Å². The predicted molar refractivity (Wildman–Crippen MR) is 71.9 cm³/mol. The molecule has 102 valence electrons. The second kappa shape index (κ2) is 5.84. The number of rotatable bonds is 3. The molecule has 5 nitrogen and oxygen atoms in total. The second-order valence-electron chi connectivity index (χ2n) is 4.77. The first-order chi connectivity index (χ1) is 9.08. The summed E-state index contributed by atoms with van der Waals surface area (Å²) in [6.45, 7) is 3.11. The van der Waals surface area contributed by atoms with Gasteiger partial charge in [-0.05, 0) is 43.5 Å². The molecule has 1 aromatic carbocycles. The summed E-state index contributed by atoms with van der Waals surface area (Å²) in [4.78, 5) is 23.1. The van der Waals surface area contributed by atoms with E-state index in [1.54, 1.807) is 18.2 Å². The van der Waals surface area contributed by atoms with E-state index in [1.807, 2.05) is 6.92 Å². The maximum atomic E-state index is 12.1. The lowest BCUT2D eigenvalue weighted by molar-refractivity contribution is -0.122. The van der Waals surface area contributed by atoms with Gasteiger partial charge in [-0.1, -0.05) is 0 Å². The lowest BCUT2D eigenvalue weighted by Crippen LogP contribution is -2.28. The lowest BCUT2D eigenvalue weighted by Gasteiger charge is -2.21. The van der Waals surface area contributed by atoms with Crippen molar-refractivity contribution in [3.05, 3.63) is 29.3 Å². The summed E-state index contributed by atoms with van der Waals surface area (Å²) in [6.07, 6.45) is 1.51. The minimum absolute atomic E-state index is 0.00367. The first-order valence-electron chi connectivity index (χ1n) is 6.37. The molecule has 1 saturated heterocycles. The van der Waals surface area contributed by atoms with Crippen molar-refractivity contribution in [2.24, 2.45) is 11.7 Å². The molecule has 0 aliphatic carbocycles. The highest BCUT2D eigenvalue weighted by atomic mass is 16.5. The molecule has 19 heavy (non-hydrogen) atoms. The van der Waals surface area contributed by atoms with E-state index >= 15 is 0 Å². The smallest absolute Gasteiger partial charge is 0.248 e. The van der Waals surface area contributed by atoms with Gasteiger partial charge in [0, 0.05) is 30.4 Å². The third-order valence-electron chi connectivity index (χ3n) is 3.36. The van der Waals surface area contributed by atoms with E-state index in [9.17, 15) is 9.59 Å². The zero-order valence-corrected chi connectivity index (χ0v) is 10.9. The number of nitrogens with one attached hydrogen (secondary N) is 1. The molecule has 1 fully saturated rings. The van der Waals surface area contributed by atoms with E-state index in [2.05, 4.69) is 5.32 Å².